The molecule has 0 aliphatic rings. The molecule has 0 amide bonds. The van der Waals surface area contributed by atoms with Crippen LogP contribution < -0.4 is 0 Å². The molecule has 4 rings (SSSR count). The fourth-order valence-corrected chi connectivity index (χ4v) is 3.17. The maximum Gasteiger partial charge on any atom is 0.0780 e. The molecule has 0 bridgehead atoms. The number of fused-ring (bicyclic) bond motifs is 1. The highest BCUT2D eigenvalue weighted by molar-refractivity contribution is 5.88. The van der Waals surface area contributed by atoms with E-state index in [0.717, 1.165) is 28.8 Å². The molecule has 2 aromatic heterocycles. The topological polar surface area (TPSA) is 30.7 Å². The van der Waals surface area contributed by atoms with Crippen molar-refractivity contribution in [2.45, 2.75) is 20.4 Å². The van der Waals surface area contributed by atoms with Gasteiger partial charge < -0.3 is 0 Å². The normalized spacial score (nSPS) is 11.1. The molecule has 2 aromatic carbocycles. The molecule has 0 radical (unpaired) electrons. The van der Waals surface area contributed by atoms with Gasteiger partial charge in [-0.2, -0.15) is 5.10 Å². The number of aromatic nitrogens is 3. The summed E-state index contributed by atoms with van der Waals surface area (Å²) in [5, 5.41) is 5.60. The predicted octanol–water partition coefficient (Wildman–Crippen LogP) is 5.09. The third-order valence-electron chi connectivity index (χ3n) is 4.35. The Morgan fingerprint density at radius 2 is 1.88 bits per heavy atom. The number of hydrogen-bond donors (Lipinski definition) is 0. The minimum absolute atomic E-state index is 0.879. The Hall–Kier alpha value is -2.94. The molecule has 118 valence electrons. The van der Waals surface area contributed by atoms with Crippen LogP contribution in [0.2, 0.25) is 0 Å². The quantitative estimate of drug-likeness (QED) is 0.527. The molecule has 0 spiro atoms. The number of pyridine rings is 1. The molecule has 0 atom stereocenters. The Kier molecular flexibility index (Phi) is 3.62. The molecular weight excluding hydrogens is 294 g/mol. The molecule has 3 heteroatoms. The average molecular weight is 313 g/mol. The van der Waals surface area contributed by atoms with Crippen molar-refractivity contribution in [1.82, 2.24) is 14.8 Å². The van der Waals surface area contributed by atoms with E-state index in [1.807, 2.05) is 23.1 Å². The van der Waals surface area contributed by atoms with Gasteiger partial charge in [0.15, 0.2) is 0 Å². The van der Waals surface area contributed by atoms with Gasteiger partial charge in [0, 0.05) is 29.3 Å². The number of aryl methyl sites for hydroxylation is 2. The first-order valence-corrected chi connectivity index (χ1v) is 8.24. The molecule has 0 aliphatic heterocycles. The summed E-state index contributed by atoms with van der Waals surface area (Å²) in [7, 11) is 0. The van der Waals surface area contributed by atoms with Gasteiger partial charge in [0.25, 0.3) is 0 Å². The van der Waals surface area contributed by atoms with Gasteiger partial charge in [0.05, 0.1) is 17.4 Å². The Balaban J connectivity index is 1.88. The number of hydrogen-bond acceptors (Lipinski definition) is 2. The molecule has 3 nitrogen and oxygen atoms in total. The Bertz CT molecular complexity index is 1010. The lowest BCUT2D eigenvalue weighted by atomic mass is 9.98. The van der Waals surface area contributed by atoms with Crippen LogP contribution in [-0.4, -0.2) is 14.8 Å². The van der Waals surface area contributed by atoms with Gasteiger partial charge in [-0.15, -0.1) is 0 Å². The third kappa shape index (κ3) is 2.48. The van der Waals surface area contributed by atoms with Crippen molar-refractivity contribution in [3.63, 3.8) is 0 Å². The highest BCUT2D eigenvalue weighted by atomic mass is 15.3. The van der Waals surface area contributed by atoms with Crippen molar-refractivity contribution < 1.29 is 0 Å². The lowest BCUT2D eigenvalue weighted by Gasteiger charge is -2.10. The van der Waals surface area contributed by atoms with Crippen molar-refractivity contribution in [3.8, 4) is 22.4 Å². The van der Waals surface area contributed by atoms with E-state index in [2.05, 4.69) is 72.5 Å². The monoisotopic (exact) mass is 313 g/mol. The van der Waals surface area contributed by atoms with E-state index in [1.165, 1.54) is 16.6 Å². The summed E-state index contributed by atoms with van der Waals surface area (Å²) in [4.78, 5) is 4.65. The van der Waals surface area contributed by atoms with Gasteiger partial charge in [0.1, 0.15) is 0 Å². The first-order chi connectivity index (χ1) is 11.8. The SMILES string of the molecule is CCn1ncc2cc(-c3cccnc3-c3cccc(C)c3)ccc21. The minimum atomic E-state index is 0.879. The summed E-state index contributed by atoms with van der Waals surface area (Å²) in [6.45, 7) is 5.10. The largest absolute Gasteiger partial charge is 0.265 e. The fraction of sp³-hybridized carbons (Fsp3) is 0.143. The maximum absolute atomic E-state index is 4.65. The lowest BCUT2D eigenvalue weighted by Crippen LogP contribution is -1.95. The number of rotatable bonds is 3. The summed E-state index contributed by atoms with van der Waals surface area (Å²) in [5.41, 5.74) is 6.89. The Morgan fingerprint density at radius 1 is 0.958 bits per heavy atom. The van der Waals surface area contributed by atoms with Crippen LogP contribution in [0.5, 0.6) is 0 Å². The second-order valence-electron chi connectivity index (χ2n) is 6.00. The van der Waals surface area contributed by atoms with Crippen molar-refractivity contribution in [2.24, 2.45) is 0 Å². The van der Waals surface area contributed by atoms with Crippen LogP contribution in [-0.2, 0) is 6.54 Å². The van der Waals surface area contributed by atoms with Crippen LogP contribution in [0.25, 0.3) is 33.3 Å². The highest BCUT2D eigenvalue weighted by Crippen LogP contribution is 2.32. The lowest BCUT2D eigenvalue weighted by molar-refractivity contribution is 0.684. The van der Waals surface area contributed by atoms with Gasteiger partial charge in [-0.25, -0.2) is 0 Å². The molecule has 0 saturated heterocycles. The molecule has 4 aromatic rings. The van der Waals surface area contributed by atoms with Crippen LogP contribution in [0.1, 0.15) is 12.5 Å². The summed E-state index contributed by atoms with van der Waals surface area (Å²) < 4.78 is 2.02. The third-order valence-corrected chi connectivity index (χ3v) is 4.35. The molecule has 0 aliphatic carbocycles. The first-order valence-electron chi connectivity index (χ1n) is 8.24. The molecule has 0 saturated carbocycles. The van der Waals surface area contributed by atoms with Crippen LogP contribution >= 0.6 is 0 Å². The van der Waals surface area contributed by atoms with Crippen LogP contribution in [0, 0.1) is 6.92 Å². The van der Waals surface area contributed by atoms with Crippen molar-refractivity contribution >= 4 is 10.9 Å². The van der Waals surface area contributed by atoms with E-state index >= 15 is 0 Å². The van der Waals surface area contributed by atoms with E-state index in [0.29, 0.717) is 0 Å². The molecule has 24 heavy (non-hydrogen) atoms. The second-order valence-corrected chi connectivity index (χ2v) is 6.00. The molecule has 0 fully saturated rings. The minimum Gasteiger partial charge on any atom is -0.265 e. The standard InChI is InChI=1S/C21H19N3/c1-3-24-20-10-9-16(13-18(20)14-23-24)19-8-5-11-22-21(19)17-7-4-6-15(2)12-17/h4-14H,3H2,1-2H3. The smallest absolute Gasteiger partial charge is 0.0780 e. The van der Waals surface area contributed by atoms with Crippen molar-refractivity contribution in [1.29, 1.82) is 0 Å². The predicted molar refractivity (Wildman–Crippen MR) is 98.8 cm³/mol. The number of nitrogens with zero attached hydrogens (tertiary/aromatic N) is 3. The summed E-state index contributed by atoms with van der Waals surface area (Å²) in [6.07, 6.45) is 3.79. The molecular formula is C21H19N3. The summed E-state index contributed by atoms with van der Waals surface area (Å²) >= 11 is 0. The Morgan fingerprint density at radius 3 is 2.71 bits per heavy atom. The van der Waals surface area contributed by atoms with E-state index in [9.17, 15) is 0 Å². The van der Waals surface area contributed by atoms with Crippen LogP contribution in [0.3, 0.4) is 0 Å². The summed E-state index contributed by atoms with van der Waals surface area (Å²) in [5.74, 6) is 0. The van der Waals surface area contributed by atoms with Crippen LogP contribution in [0.15, 0.2) is 67.0 Å². The van der Waals surface area contributed by atoms with E-state index in [4.69, 9.17) is 0 Å². The number of benzene rings is 2. The van der Waals surface area contributed by atoms with Gasteiger partial charge in [-0.3, -0.25) is 9.67 Å². The van der Waals surface area contributed by atoms with Crippen LogP contribution in [0.4, 0.5) is 0 Å². The first kappa shape index (κ1) is 14.6. The van der Waals surface area contributed by atoms with Gasteiger partial charge in [-0.05, 0) is 43.7 Å². The van der Waals surface area contributed by atoms with Crippen molar-refractivity contribution in [2.75, 3.05) is 0 Å². The molecule has 2 heterocycles. The zero-order chi connectivity index (χ0) is 16.5. The van der Waals surface area contributed by atoms with E-state index in [-0.39, 0.29) is 0 Å². The van der Waals surface area contributed by atoms with Gasteiger partial charge in [0.2, 0.25) is 0 Å². The zero-order valence-electron chi connectivity index (χ0n) is 13.9. The maximum atomic E-state index is 4.65. The fourth-order valence-electron chi connectivity index (χ4n) is 3.17. The average Bonchev–Trinajstić information content (AvgIpc) is 3.04. The second kappa shape index (κ2) is 5.93. The Labute approximate surface area is 141 Å². The summed E-state index contributed by atoms with van der Waals surface area (Å²) in [6, 6.07) is 19.1. The van der Waals surface area contributed by atoms with E-state index in [1.54, 1.807) is 0 Å². The molecule has 0 N–H and O–H groups in total. The zero-order valence-corrected chi connectivity index (χ0v) is 13.9. The van der Waals surface area contributed by atoms with Gasteiger partial charge >= 0.3 is 0 Å². The molecule has 0 unspecified atom stereocenters. The van der Waals surface area contributed by atoms with E-state index < -0.39 is 0 Å². The highest BCUT2D eigenvalue weighted by Gasteiger charge is 2.10. The van der Waals surface area contributed by atoms with Crippen molar-refractivity contribution in [3.05, 3.63) is 72.6 Å². The van der Waals surface area contributed by atoms with Gasteiger partial charge in [-0.1, -0.05) is 35.9 Å².